The van der Waals surface area contributed by atoms with E-state index < -0.39 is 5.91 Å². The zero-order valence-electron chi connectivity index (χ0n) is 14.2. The molecule has 0 atom stereocenters. The predicted molar refractivity (Wildman–Crippen MR) is 100 cm³/mol. The lowest BCUT2D eigenvalue weighted by Gasteiger charge is -2.11. The monoisotopic (exact) mass is 346 g/mol. The van der Waals surface area contributed by atoms with E-state index in [4.69, 9.17) is 4.42 Å². The predicted octanol–water partition coefficient (Wildman–Crippen LogP) is 4.00. The van der Waals surface area contributed by atoms with Gasteiger partial charge in [-0.1, -0.05) is 30.3 Å². The number of carbonyl (C=O) groups is 2. The Bertz CT molecular complexity index is 929. The molecule has 0 saturated carbocycles. The van der Waals surface area contributed by atoms with Crippen molar-refractivity contribution in [2.45, 2.75) is 6.92 Å². The molecule has 3 rings (SSSR count). The summed E-state index contributed by atoms with van der Waals surface area (Å²) in [4.78, 5) is 25.1. The van der Waals surface area contributed by atoms with E-state index in [-0.39, 0.29) is 11.6 Å². The lowest BCUT2D eigenvalue weighted by atomic mass is 10.2. The lowest BCUT2D eigenvalue weighted by molar-refractivity contribution is -0.113. The van der Waals surface area contributed by atoms with E-state index in [9.17, 15) is 9.59 Å². The average Bonchev–Trinajstić information content (AvgIpc) is 3.15. The van der Waals surface area contributed by atoms with Crippen molar-refractivity contribution in [1.29, 1.82) is 0 Å². The van der Waals surface area contributed by atoms with Crippen LogP contribution < -0.4 is 10.6 Å². The standard InChI is InChI=1S/C21H18N2O3/c1-15-7-5-10-17(13-15)22-21(25)19(14-18-11-6-12-26-18)23-20(24)16-8-3-2-4-9-16/h2-14H,1H3,(H,22,25)(H,23,24)/b19-14-. The third-order valence-electron chi connectivity index (χ3n) is 3.63. The van der Waals surface area contributed by atoms with Crippen LogP contribution in [0.15, 0.2) is 83.1 Å². The summed E-state index contributed by atoms with van der Waals surface area (Å²) in [6.45, 7) is 1.94. The van der Waals surface area contributed by atoms with Gasteiger partial charge in [0.15, 0.2) is 0 Å². The van der Waals surface area contributed by atoms with E-state index in [2.05, 4.69) is 10.6 Å². The Morgan fingerprint density at radius 2 is 1.77 bits per heavy atom. The van der Waals surface area contributed by atoms with Crippen LogP contribution in [0.5, 0.6) is 0 Å². The average molecular weight is 346 g/mol. The molecule has 2 N–H and O–H groups in total. The summed E-state index contributed by atoms with van der Waals surface area (Å²) < 4.78 is 5.26. The van der Waals surface area contributed by atoms with Crippen molar-refractivity contribution in [1.82, 2.24) is 5.32 Å². The number of aryl methyl sites for hydroxylation is 1. The lowest BCUT2D eigenvalue weighted by Crippen LogP contribution is -2.30. The molecule has 3 aromatic rings. The minimum Gasteiger partial charge on any atom is -0.465 e. The molecule has 0 saturated heterocycles. The summed E-state index contributed by atoms with van der Waals surface area (Å²) >= 11 is 0. The first-order chi connectivity index (χ1) is 12.6. The second-order valence-electron chi connectivity index (χ2n) is 5.72. The second kappa shape index (κ2) is 7.98. The molecule has 0 bridgehead atoms. The van der Waals surface area contributed by atoms with Crippen LogP contribution in [0.4, 0.5) is 5.69 Å². The van der Waals surface area contributed by atoms with Gasteiger partial charge in [-0.05, 0) is 48.9 Å². The van der Waals surface area contributed by atoms with E-state index in [1.54, 1.807) is 42.5 Å². The molecule has 5 nitrogen and oxygen atoms in total. The third kappa shape index (κ3) is 4.48. The Kier molecular flexibility index (Phi) is 5.29. The number of furan rings is 1. The molecule has 130 valence electrons. The van der Waals surface area contributed by atoms with Gasteiger partial charge < -0.3 is 15.1 Å². The molecule has 0 aliphatic carbocycles. The van der Waals surface area contributed by atoms with Gasteiger partial charge in [-0.3, -0.25) is 9.59 Å². The molecule has 1 aromatic heterocycles. The minimum atomic E-state index is -0.434. The van der Waals surface area contributed by atoms with E-state index in [1.807, 2.05) is 31.2 Å². The van der Waals surface area contributed by atoms with Crippen LogP contribution in [0, 0.1) is 6.92 Å². The fourth-order valence-electron chi connectivity index (χ4n) is 2.38. The van der Waals surface area contributed by atoms with Crippen molar-refractivity contribution in [3.63, 3.8) is 0 Å². The molecule has 0 fully saturated rings. The molecule has 2 aromatic carbocycles. The topological polar surface area (TPSA) is 71.3 Å². The highest BCUT2D eigenvalue weighted by molar-refractivity contribution is 6.10. The second-order valence-corrected chi connectivity index (χ2v) is 5.72. The summed E-state index contributed by atoms with van der Waals surface area (Å²) in [6, 6.07) is 19.5. The van der Waals surface area contributed by atoms with Crippen molar-refractivity contribution in [2.75, 3.05) is 5.32 Å². The van der Waals surface area contributed by atoms with Gasteiger partial charge in [-0.2, -0.15) is 0 Å². The van der Waals surface area contributed by atoms with E-state index in [0.29, 0.717) is 17.0 Å². The Morgan fingerprint density at radius 3 is 2.46 bits per heavy atom. The normalized spacial score (nSPS) is 11.0. The molecular formula is C21H18N2O3. The maximum absolute atomic E-state index is 12.7. The smallest absolute Gasteiger partial charge is 0.272 e. The molecular weight excluding hydrogens is 328 g/mol. The molecule has 5 heteroatoms. The van der Waals surface area contributed by atoms with Gasteiger partial charge >= 0.3 is 0 Å². The van der Waals surface area contributed by atoms with Crippen molar-refractivity contribution in [3.05, 3.63) is 95.6 Å². The van der Waals surface area contributed by atoms with E-state index in [1.165, 1.54) is 12.3 Å². The zero-order valence-corrected chi connectivity index (χ0v) is 14.2. The number of rotatable bonds is 5. The summed E-state index contributed by atoms with van der Waals surface area (Å²) in [6.07, 6.45) is 2.99. The van der Waals surface area contributed by atoms with Crippen LogP contribution >= 0.6 is 0 Å². The Morgan fingerprint density at radius 1 is 0.962 bits per heavy atom. The maximum atomic E-state index is 12.7. The first-order valence-corrected chi connectivity index (χ1v) is 8.11. The molecule has 0 spiro atoms. The minimum absolute atomic E-state index is 0.0929. The first kappa shape index (κ1) is 17.2. The Balaban J connectivity index is 1.83. The third-order valence-corrected chi connectivity index (χ3v) is 3.63. The van der Waals surface area contributed by atoms with Crippen molar-refractivity contribution in [2.24, 2.45) is 0 Å². The van der Waals surface area contributed by atoms with Crippen LogP contribution in [0.1, 0.15) is 21.7 Å². The molecule has 2 amide bonds. The van der Waals surface area contributed by atoms with Crippen molar-refractivity contribution < 1.29 is 14.0 Å². The summed E-state index contributed by atoms with van der Waals surface area (Å²) in [5.74, 6) is -0.341. The highest BCUT2D eigenvalue weighted by atomic mass is 16.3. The van der Waals surface area contributed by atoms with Gasteiger partial charge in [0.25, 0.3) is 11.8 Å². The van der Waals surface area contributed by atoms with Crippen LogP contribution in [0.25, 0.3) is 6.08 Å². The van der Waals surface area contributed by atoms with Crippen LogP contribution in [0.3, 0.4) is 0 Å². The fourth-order valence-corrected chi connectivity index (χ4v) is 2.38. The summed E-state index contributed by atoms with van der Waals surface area (Å²) in [5, 5.41) is 5.44. The van der Waals surface area contributed by atoms with Gasteiger partial charge in [-0.25, -0.2) is 0 Å². The molecule has 1 heterocycles. The SMILES string of the molecule is Cc1cccc(NC(=O)/C(=C/c2ccco2)NC(=O)c2ccccc2)c1. The van der Waals surface area contributed by atoms with Crippen LogP contribution in [-0.4, -0.2) is 11.8 Å². The van der Waals surface area contributed by atoms with Crippen LogP contribution in [-0.2, 0) is 4.79 Å². The molecule has 26 heavy (non-hydrogen) atoms. The molecule has 0 aliphatic heterocycles. The van der Waals surface area contributed by atoms with Gasteiger partial charge in [-0.15, -0.1) is 0 Å². The summed E-state index contributed by atoms with van der Waals surface area (Å²) in [7, 11) is 0. The van der Waals surface area contributed by atoms with Gasteiger partial charge in [0.1, 0.15) is 11.5 Å². The Labute approximate surface area is 151 Å². The number of anilines is 1. The number of nitrogens with one attached hydrogen (secondary N) is 2. The number of carbonyl (C=O) groups excluding carboxylic acids is 2. The first-order valence-electron chi connectivity index (χ1n) is 8.11. The molecule has 0 radical (unpaired) electrons. The van der Waals surface area contributed by atoms with Gasteiger partial charge in [0.2, 0.25) is 0 Å². The quantitative estimate of drug-likeness (QED) is 0.686. The molecule has 0 aliphatic rings. The molecule has 0 unspecified atom stereocenters. The van der Waals surface area contributed by atoms with Crippen molar-refractivity contribution >= 4 is 23.6 Å². The zero-order chi connectivity index (χ0) is 18.4. The number of benzene rings is 2. The Hall–Kier alpha value is -3.60. The largest absolute Gasteiger partial charge is 0.465 e. The van der Waals surface area contributed by atoms with Gasteiger partial charge in [0, 0.05) is 17.3 Å². The number of amides is 2. The maximum Gasteiger partial charge on any atom is 0.272 e. The number of hydrogen-bond acceptors (Lipinski definition) is 3. The summed E-state index contributed by atoms with van der Waals surface area (Å²) in [5.41, 5.74) is 2.22. The fraction of sp³-hybridized carbons (Fsp3) is 0.0476. The number of hydrogen-bond donors (Lipinski definition) is 2. The van der Waals surface area contributed by atoms with Crippen LogP contribution in [0.2, 0.25) is 0 Å². The highest BCUT2D eigenvalue weighted by Crippen LogP contribution is 2.13. The van der Waals surface area contributed by atoms with Gasteiger partial charge in [0.05, 0.1) is 6.26 Å². The van der Waals surface area contributed by atoms with E-state index in [0.717, 1.165) is 5.56 Å². The van der Waals surface area contributed by atoms with E-state index >= 15 is 0 Å². The highest BCUT2D eigenvalue weighted by Gasteiger charge is 2.15. The van der Waals surface area contributed by atoms with Crippen molar-refractivity contribution in [3.8, 4) is 0 Å².